The lowest BCUT2D eigenvalue weighted by molar-refractivity contribution is 0.609. The molecule has 0 N–H and O–H groups in total. The van der Waals surface area contributed by atoms with Gasteiger partial charge in [-0.3, -0.25) is 0 Å². The highest BCUT2D eigenvalue weighted by Crippen LogP contribution is 2.14. The van der Waals surface area contributed by atoms with E-state index in [1.54, 1.807) is 0 Å². The van der Waals surface area contributed by atoms with Crippen LogP contribution in [0.15, 0.2) is 6.07 Å². The van der Waals surface area contributed by atoms with E-state index in [1.807, 2.05) is 13.0 Å². The summed E-state index contributed by atoms with van der Waals surface area (Å²) in [7, 11) is 0. The van der Waals surface area contributed by atoms with Crippen LogP contribution in [0, 0.1) is 25.2 Å². The van der Waals surface area contributed by atoms with Crippen LogP contribution in [0.4, 0.5) is 0 Å². The number of nitriles is 1. The van der Waals surface area contributed by atoms with Gasteiger partial charge in [0.2, 0.25) is 0 Å². The molecule has 0 aromatic carbocycles. The molecule has 70 valence electrons. The van der Waals surface area contributed by atoms with E-state index in [2.05, 4.69) is 24.5 Å². The van der Waals surface area contributed by atoms with Gasteiger partial charge in [0.25, 0.3) is 0 Å². The fraction of sp³-hybridized carbons (Fsp3) is 0.545. The van der Waals surface area contributed by atoms with Gasteiger partial charge in [0.15, 0.2) is 0 Å². The van der Waals surface area contributed by atoms with Crippen LogP contribution in [0.5, 0.6) is 0 Å². The lowest BCUT2D eigenvalue weighted by Crippen LogP contribution is -2.02. The first kappa shape index (κ1) is 9.85. The molecule has 0 aliphatic carbocycles. The van der Waals surface area contributed by atoms with Crippen LogP contribution in [-0.2, 0) is 6.54 Å². The molecule has 0 saturated carbocycles. The highest BCUT2D eigenvalue weighted by molar-refractivity contribution is 5.37. The third kappa shape index (κ3) is 1.92. The van der Waals surface area contributed by atoms with E-state index in [0.717, 1.165) is 17.8 Å². The third-order valence-electron chi connectivity index (χ3n) is 2.43. The van der Waals surface area contributed by atoms with E-state index < -0.39 is 0 Å². The van der Waals surface area contributed by atoms with Gasteiger partial charge in [0.05, 0.1) is 5.56 Å². The monoisotopic (exact) mass is 176 g/mol. The van der Waals surface area contributed by atoms with Crippen LogP contribution in [0.2, 0.25) is 0 Å². The van der Waals surface area contributed by atoms with Gasteiger partial charge in [0, 0.05) is 17.9 Å². The number of hydrogen-bond acceptors (Lipinski definition) is 1. The van der Waals surface area contributed by atoms with Crippen molar-refractivity contribution in [3.63, 3.8) is 0 Å². The third-order valence-corrected chi connectivity index (χ3v) is 2.43. The van der Waals surface area contributed by atoms with E-state index >= 15 is 0 Å². The second kappa shape index (κ2) is 4.13. The Morgan fingerprint density at radius 1 is 1.46 bits per heavy atom. The lowest BCUT2D eigenvalue weighted by atomic mass is 10.3. The van der Waals surface area contributed by atoms with E-state index in [1.165, 1.54) is 18.5 Å². The predicted molar refractivity (Wildman–Crippen MR) is 53.5 cm³/mol. The second-order valence-electron chi connectivity index (χ2n) is 3.40. The number of aryl methyl sites for hydroxylation is 1. The summed E-state index contributed by atoms with van der Waals surface area (Å²) in [6, 6.07) is 4.18. The number of nitrogens with zero attached hydrogens (tertiary/aromatic N) is 2. The zero-order valence-corrected chi connectivity index (χ0v) is 8.59. The molecule has 2 heteroatoms. The zero-order valence-electron chi connectivity index (χ0n) is 8.59. The fourth-order valence-electron chi connectivity index (χ4n) is 1.57. The highest BCUT2D eigenvalue weighted by Gasteiger charge is 2.06. The first-order valence-corrected chi connectivity index (χ1v) is 4.77. The molecule has 1 aromatic rings. The lowest BCUT2D eigenvalue weighted by Gasteiger charge is -2.07. The minimum atomic E-state index is 0.814. The van der Waals surface area contributed by atoms with E-state index in [0.29, 0.717) is 0 Å². The van der Waals surface area contributed by atoms with E-state index in [4.69, 9.17) is 5.26 Å². The first-order valence-electron chi connectivity index (χ1n) is 4.77. The first-order chi connectivity index (χ1) is 6.20. The Labute approximate surface area is 79.8 Å². The Hall–Kier alpha value is -1.23. The van der Waals surface area contributed by atoms with Crippen LogP contribution >= 0.6 is 0 Å². The van der Waals surface area contributed by atoms with Gasteiger partial charge in [-0.05, 0) is 26.3 Å². The van der Waals surface area contributed by atoms with Crippen molar-refractivity contribution in [2.24, 2.45) is 0 Å². The summed E-state index contributed by atoms with van der Waals surface area (Å²) < 4.78 is 2.22. The molecule has 2 nitrogen and oxygen atoms in total. The Kier molecular flexibility index (Phi) is 3.13. The molecule has 0 unspecified atom stereocenters. The quantitative estimate of drug-likeness (QED) is 0.696. The zero-order chi connectivity index (χ0) is 9.84. The van der Waals surface area contributed by atoms with Crippen molar-refractivity contribution in [3.8, 4) is 6.07 Å². The molecular weight excluding hydrogens is 160 g/mol. The highest BCUT2D eigenvalue weighted by atomic mass is 15.0. The van der Waals surface area contributed by atoms with Gasteiger partial charge in [-0.2, -0.15) is 5.26 Å². The normalized spacial score (nSPS) is 10.0. The van der Waals surface area contributed by atoms with Crippen LogP contribution in [0.25, 0.3) is 0 Å². The molecule has 0 spiro atoms. The van der Waals surface area contributed by atoms with Crippen molar-refractivity contribution in [2.75, 3.05) is 0 Å². The van der Waals surface area contributed by atoms with E-state index in [9.17, 15) is 0 Å². The smallest absolute Gasteiger partial charge is 0.101 e. The minimum absolute atomic E-state index is 0.814. The van der Waals surface area contributed by atoms with Gasteiger partial charge < -0.3 is 4.57 Å². The maximum atomic E-state index is 8.82. The van der Waals surface area contributed by atoms with Crippen molar-refractivity contribution in [2.45, 2.75) is 40.2 Å². The largest absolute Gasteiger partial charge is 0.348 e. The maximum absolute atomic E-state index is 8.82. The average molecular weight is 176 g/mol. The Morgan fingerprint density at radius 2 is 2.15 bits per heavy atom. The van der Waals surface area contributed by atoms with Gasteiger partial charge in [-0.1, -0.05) is 13.3 Å². The Morgan fingerprint density at radius 3 is 2.62 bits per heavy atom. The minimum Gasteiger partial charge on any atom is -0.348 e. The molecule has 0 radical (unpaired) electrons. The molecule has 1 rings (SSSR count). The molecule has 0 amide bonds. The van der Waals surface area contributed by atoms with Crippen molar-refractivity contribution in [1.82, 2.24) is 4.57 Å². The second-order valence-corrected chi connectivity index (χ2v) is 3.40. The maximum Gasteiger partial charge on any atom is 0.101 e. The van der Waals surface area contributed by atoms with Crippen LogP contribution < -0.4 is 0 Å². The Bertz CT molecular complexity index is 329. The molecule has 13 heavy (non-hydrogen) atoms. The number of unbranched alkanes of at least 4 members (excludes halogenated alkanes) is 1. The summed E-state index contributed by atoms with van der Waals surface area (Å²) in [5, 5.41) is 8.82. The summed E-state index contributed by atoms with van der Waals surface area (Å²) in [5.41, 5.74) is 3.12. The van der Waals surface area contributed by atoms with Crippen molar-refractivity contribution >= 4 is 0 Å². The Balaban J connectivity index is 2.94. The van der Waals surface area contributed by atoms with Crippen LogP contribution in [0.1, 0.15) is 36.7 Å². The predicted octanol–water partition coefficient (Wildman–Crippen LogP) is 2.78. The number of aromatic nitrogens is 1. The molecule has 1 aromatic heterocycles. The van der Waals surface area contributed by atoms with Crippen molar-refractivity contribution < 1.29 is 0 Å². The van der Waals surface area contributed by atoms with Gasteiger partial charge in [0.1, 0.15) is 6.07 Å². The van der Waals surface area contributed by atoms with E-state index in [-0.39, 0.29) is 0 Å². The summed E-state index contributed by atoms with van der Waals surface area (Å²) in [6.45, 7) is 7.29. The summed E-state index contributed by atoms with van der Waals surface area (Å²) in [6.07, 6.45) is 2.38. The summed E-state index contributed by atoms with van der Waals surface area (Å²) in [5.74, 6) is 0. The van der Waals surface area contributed by atoms with Crippen LogP contribution in [-0.4, -0.2) is 4.57 Å². The van der Waals surface area contributed by atoms with Gasteiger partial charge in [-0.15, -0.1) is 0 Å². The average Bonchev–Trinajstić information content (AvgIpc) is 2.39. The molecular formula is C11H16N2. The van der Waals surface area contributed by atoms with Crippen molar-refractivity contribution in [1.29, 1.82) is 5.26 Å². The number of rotatable bonds is 3. The molecule has 0 saturated heterocycles. The molecule has 0 aliphatic rings. The van der Waals surface area contributed by atoms with Crippen molar-refractivity contribution in [3.05, 3.63) is 23.0 Å². The molecule has 1 heterocycles. The SMILES string of the molecule is CCCCn1c(C)cc(C#N)c1C. The van der Waals surface area contributed by atoms with Crippen LogP contribution in [0.3, 0.4) is 0 Å². The number of hydrogen-bond donors (Lipinski definition) is 0. The fourth-order valence-corrected chi connectivity index (χ4v) is 1.57. The molecule has 0 bridgehead atoms. The molecule has 0 atom stereocenters. The van der Waals surface area contributed by atoms with Gasteiger partial charge in [-0.25, -0.2) is 0 Å². The molecule has 0 aliphatic heterocycles. The summed E-state index contributed by atoms with van der Waals surface area (Å²) >= 11 is 0. The molecule has 0 fully saturated rings. The van der Waals surface area contributed by atoms with Gasteiger partial charge >= 0.3 is 0 Å². The standard InChI is InChI=1S/C11H16N2/c1-4-5-6-13-9(2)7-11(8-12)10(13)3/h7H,4-6H2,1-3H3. The summed E-state index contributed by atoms with van der Waals surface area (Å²) in [4.78, 5) is 0. The topological polar surface area (TPSA) is 28.7 Å².